The fourth-order valence-corrected chi connectivity index (χ4v) is 3.32. The van der Waals surface area contributed by atoms with Crippen LogP contribution < -0.4 is 9.47 Å². The summed E-state index contributed by atoms with van der Waals surface area (Å²) in [6.07, 6.45) is 0.0539. The van der Waals surface area contributed by atoms with Gasteiger partial charge in [-0.2, -0.15) is 0 Å². The van der Waals surface area contributed by atoms with Crippen molar-refractivity contribution in [3.63, 3.8) is 0 Å². The Kier molecular flexibility index (Phi) is 5.43. The minimum absolute atomic E-state index is 0.00819. The number of fused-ring (bicyclic) bond motifs is 1. The summed E-state index contributed by atoms with van der Waals surface area (Å²) in [6.45, 7) is 3.94. The molecule has 0 unspecified atom stereocenters. The SMILES string of the molecule is CCOc1cccc2c1OC[C@@H](C(=O)N1CCO[C@@H](CC(=O)O)C1)C2. The Balaban J connectivity index is 1.66. The van der Waals surface area contributed by atoms with Crippen LogP contribution in [0.4, 0.5) is 0 Å². The number of carbonyl (C=O) groups excluding carboxylic acids is 1. The van der Waals surface area contributed by atoms with Crippen molar-refractivity contribution < 1.29 is 28.9 Å². The average molecular weight is 349 g/mol. The lowest BCUT2D eigenvalue weighted by atomic mass is 9.94. The Labute approximate surface area is 146 Å². The van der Waals surface area contributed by atoms with Crippen LogP contribution in [0.5, 0.6) is 11.5 Å². The molecule has 0 saturated carbocycles. The maximum Gasteiger partial charge on any atom is 0.306 e. The highest BCUT2D eigenvalue weighted by atomic mass is 16.5. The smallest absolute Gasteiger partial charge is 0.306 e. The highest BCUT2D eigenvalue weighted by Gasteiger charge is 2.33. The molecule has 2 heterocycles. The molecule has 0 spiro atoms. The van der Waals surface area contributed by atoms with Gasteiger partial charge in [-0.3, -0.25) is 9.59 Å². The Morgan fingerprint density at radius 3 is 3.00 bits per heavy atom. The van der Waals surface area contributed by atoms with Gasteiger partial charge < -0.3 is 24.2 Å². The van der Waals surface area contributed by atoms with Gasteiger partial charge in [0.25, 0.3) is 0 Å². The van der Waals surface area contributed by atoms with Crippen molar-refractivity contribution in [2.24, 2.45) is 5.92 Å². The number of ether oxygens (including phenoxy) is 3. The van der Waals surface area contributed by atoms with Crippen molar-refractivity contribution in [1.82, 2.24) is 4.90 Å². The quantitative estimate of drug-likeness (QED) is 0.863. The second-order valence-corrected chi connectivity index (χ2v) is 6.26. The first kappa shape index (κ1) is 17.5. The molecular weight excluding hydrogens is 326 g/mol. The number of hydrogen-bond acceptors (Lipinski definition) is 5. The Bertz CT molecular complexity index is 646. The number of para-hydroxylation sites is 1. The number of amides is 1. The predicted octanol–water partition coefficient (Wildman–Crippen LogP) is 1.34. The molecule has 2 aliphatic rings. The topological polar surface area (TPSA) is 85.3 Å². The van der Waals surface area contributed by atoms with Gasteiger partial charge in [-0.1, -0.05) is 12.1 Å². The minimum atomic E-state index is -0.919. The highest BCUT2D eigenvalue weighted by Crippen LogP contribution is 2.36. The number of carboxylic acids is 1. The van der Waals surface area contributed by atoms with E-state index in [-0.39, 0.29) is 18.2 Å². The van der Waals surface area contributed by atoms with E-state index in [1.54, 1.807) is 4.90 Å². The van der Waals surface area contributed by atoms with Crippen LogP contribution in [0.2, 0.25) is 0 Å². The number of aliphatic carboxylic acids is 1. The van der Waals surface area contributed by atoms with Crippen LogP contribution in [-0.2, 0) is 20.7 Å². The van der Waals surface area contributed by atoms with E-state index in [9.17, 15) is 9.59 Å². The van der Waals surface area contributed by atoms with Crippen LogP contribution in [0.25, 0.3) is 0 Å². The molecule has 0 radical (unpaired) electrons. The van der Waals surface area contributed by atoms with Crippen molar-refractivity contribution in [2.45, 2.75) is 25.9 Å². The van der Waals surface area contributed by atoms with Crippen molar-refractivity contribution in [3.05, 3.63) is 23.8 Å². The number of nitrogens with zero attached hydrogens (tertiary/aromatic N) is 1. The number of hydrogen-bond donors (Lipinski definition) is 1. The standard InChI is InChI=1S/C18H23NO6/c1-2-23-15-5-3-4-12-8-13(11-25-17(12)15)18(22)19-6-7-24-14(10-19)9-16(20)21/h3-5,13-14H,2,6-11H2,1H3,(H,20,21)/t13-,14-/m0/s1. The molecular formula is C18H23NO6. The third-order valence-corrected chi connectivity index (χ3v) is 4.46. The van der Waals surface area contributed by atoms with Crippen LogP contribution in [-0.4, -0.2) is 60.9 Å². The van der Waals surface area contributed by atoms with Gasteiger partial charge in [0, 0.05) is 13.1 Å². The van der Waals surface area contributed by atoms with Crippen molar-refractivity contribution in [2.75, 3.05) is 32.9 Å². The summed E-state index contributed by atoms with van der Waals surface area (Å²) in [5, 5.41) is 8.90. The van der Waals surface area contributed by atoms with Crippen molar-refractivity contribution in [3.8, 4) is 11.5 Å². The van der Waals surface area contributed by atoms with E-state index < -0.39 is 12.1 Å². The first-order valence-electron chi connectivity index (χ1n) is 8.58. The summed E-state index contributed by atoms with van der Waals surface area (Å²) in [5.74, 6) is 0.231. The molecule has 1 aromatic carbocycles. The second kappa shape index (κ2) is 7.74. The van der Waals surface area contributed by atoms with E-state index in [1.165, 1.54) is 0 Å². The van der Waals surface area contributed by atoms with Gasteiger partial charge in [0.1, 0.15) is 6.61 Å². The molecule has 1 saturated heterocycles. The van der Waals surface area contributed by atoms with Crippen LogP contribution in [0.3, 0.4) is 0 Å². The minimum Gasteiger partial charge on any atom is -0.490 e. The van der Waals surface area contributed by atoms with Gasteiger partial charge in [0.15, 0.2) is 11.5 Å². The Morgan fingerprint density at radius 1 is 1.40 bits per heavy atom. The van der Waals surface area contributed by atoms with Gasteiger partial charge in [-0.15, -0.1) is 0 Å². The Morgan fingerprint density at radius 2 is 2.24 bits per heavy atom. The van der Waals surface area contributed by atoms with Gasteiger partial charge in [0.2, 0.25) is 5.91 Å². The maximum absolute atomic E-state index is 12.8. The van der Waals surface area contributed by atoms with Gasteiger partial charge in [0.05, 0.1) is 31.7 Å². The summed E-state index contributed by atoms with van der Waals surface area (Å²) >= 11 is 0. The van der Waals surface area contributed by atoms with E-state index in [1.807, 2.05) is 25.1 Å². The van der Waals surface area contributed by atoms with E-state index >= 15 is 0 Å². The van der Waals surface area contributed by atoms with Crippen LogP contribution >= 0.6 is 0 Å². The number of carboxylic acid groups (broad SMARTS) is 1. The molecule has 7 nitrogen and oxygen atoms in total. The zero-order valence-electron chi connectivity index (χ0n) is 14.3. The summed E-state index contributed by atoms with van der Waals surface area (Å²) in [5.41, 5.74) is 0.964. The lowest BCUT2D eigenvalue weighted by Gasteiger charge is -2.36. The van der Waals surface area contributed by atoms with E-state index in [0.29, 0.717) is 45.1 Å². The fraction of sp³-hybridized carbons (Fsp3) is 0.556. The molecule has 1 aromatic rings. The summed E-state index contributed by atoms with van der Waals surface area (Å²) in [7, 11) is 0. The fourth-order valence-electron chi connectivity index (χ4n) is 3.32. The molecule has 2 atom stereocenters. The number of carbonyl (C=O) groups is 2. The Hall–Kier alpha value is -2.28. The molecule has 0 aliphatic carbocycles. The molecule has 3 rings (SSSR count). The molecule has 25 heavy (non-hydrogen) atoms. The van der Waals surface area contributed by atoms with Crippen LogP contribution in [0.1, 0.15) is 18.9 Å². The summed E-state index contributed by atoms with van der Waals surface area (Å²) in [6, 6.07) is 5.71. The summed E-state index contributed by atoms with van der Waals surface area (Å²) in [4.78, 5) is 25.4. The number of rotatable bonds is 5. The molecule has 1 amide bonds. The zero-order chi connectivity index (χ0) is 17.8. The molecule has 1 fully saturated rings. The molecule has 0 bridgehead atoms. The average Bonchev–Trinajstić information content (AvgIpc) is 2.61. The zero-order valence-corrected chi connectivity index (χ0v) is 14.3. The van der Waals surface area contributed by atoms with E-state index in [2.05, 4.69) is 0 Å². The number of benzene rings is 1. The first-order valence-corrected chi connectivity index (χ1v) is 8.58. The van der Waals surface area contributed by atoms with Crippen LogP contribution in [0, 0.1) is 5.92 Å². The maximum atomic E-state index is 12.8. The lowest BCUT2D eigenvalue weighted by molar-refractivity contribution is -0.150. The van der Waals surface area contributed by atoms with Crippen molar-refractivity contribution >= 4 is 11.9 Å². The molecule has 1 N–H and O–H groups in total. The van der Waals surface area contributed by atoms with Gasteiger partial charge in [-0.05, 0) is 25.0 Å². The molecule has 2 aliphatic heterocycles. The van der Waals surface area contributed by atoms with E-state index in [0.717, 1.165) is 11.3 Å². The monoisotopic (exact) mass is 349 g/mol. The summed E-state index contributed by atoms with van der Waals surface area (Å²) < 4.78 is 16.8. The predicted molar refractivity (Wildman–Crippen MR) is 88.9 cm³/mol. The highest BCUT2D eigenvalue weighted by molar-refractivity contribution is 5.80. The normalized spacial score (nSPS) is 22.7. The largest absolute Gasteiger partial charge is 0.490 e. The van der Waals surface area contributed by atoms with Gasteiger partial charge in [-0.25, -0.2) is 0 Å². The first-order chi connectivity index (χ1) is 12.1. The number of morpholine rings is 1. The van der Waals surface area contributed by atoms with Crippen molar-refractivity contribution in [1.29, 1.82) is 0 Å². The molecule has 7 heteroatoms. The molecule has 136 valence electrons. The van der Waals surface area contributed by atoms with E-state index in [4.69, 9.17) is 19.3 Å². The lowest BCUT2D eigenvalue weighted by Crippen LogP contribution is -2.50. The van der Waals surface area contributed by atoms with Gasteiger partial charge >= 0.3 is 5.97 Å². The third kappa shape index (κ3) is 4.04. The second-order valence-electron chi connectivity index (χ2n) is 6.26. The van der Waals surface area contributed by atoms with Crippen LogP contribution in [0.15, 0.2) is 18.2 Å². The molecule has 0 aromatic heterocycles. The third-order valence-electron chi connectivity index (χ3n) is 4.46.